The fraction of sp³-hybridized carbons (Fsp3) is 0.500. The molecule has 0 bridgehead atoms. The van der Waals surface area contributed by atoms with Crippen molar-refractivity contribution in [3.8, 4) is 0 Å². The lowest BCUT2D eigenvalue weighted by Gasteiger charge is -2.03. The Kier molecular flexibility index (Phi) is 6.45. The third-order valence-electron chi connectivity index (χ3n) is 2.10. The lowest BCUT2D eigenvalue weighted by atomic mass is 10.0. The quantitative estimate of drug-likeness (QED) is 0.533. The van der Waals surface area contributed by atoms with Gasteiger partial charge in [-0.25, -0.2) is 0 Å². The maximum absolute atomic E-state index is 3.73. The maximum atomic E-state index is 3.73. The van der Waals surface area contributed by atoms with Crippen LogP contribution < -0.4 is 0 Å². The van der Waals surface area contributed by atoms with E-state index >= 15 is 0 Å². The largest absolute Gasteiger partial charge is 0.103 e. The lowest BCUT2D eigenvalue weighted by Crippen LogP contribution is -1.82. The van der Waals surface area contributed by atoms with Crippen LogP contribution in [0.25, 0.3) is 0 Å². The molecular weight excluding hydrogens is 144 g/mol. The summed E-state index contributed by atoms with van der Waals surface area (Å²) in [6, 6.07) is 0. The van der Waals surface area contributed by atoms with Gasteiger partial charge in [-0.3, -0.25) is 0 Å². The van der Waals surface area contributed by atoms with Crippen LogP contribution in [0.15, 0.2) is 36.0 Å². The van der Waals surface area contributed by atoms with Crippen molar-refractivity contribution in [2.75, 3.05) is 0 Å². The van der Waals surface area contributed by atoms with Crippen LogP contribution in [0.4, 0.5) is 0 Å². The first-order chi connectivity index (χ1) is 5.72. The topological polar surface area (TPSA) is 0 Å². The molecule has 0 N–H and O–H groups in total. The Morgan fingerprint density at radius 3 is 2.42 bits per heavy atom. The van der Waals surface area contributed by atoms with Crippen LogP contribution in [0, 0.1) is 0 Å². The molecule has 0 fully saturated rings. The number of hydrogen-bond acceptors (Lipinski definition) is 0. The highest BCUT2D eigenvalue weighted by Crippen LogP contribution is 2.13. The Hall–Kier alpha value is -0.780. The Bertz CT molecular complexity index is 182. The zero-order valence-corrected chi connectivity index (χ0v) is 8.56. The number of rotatable bonds is 5. The second kappa shape index (κ2) is 6.90. The summed E-state index contributed by atoms with van der Waals surface area (Å²) < 4.78 is 0. The molecule has 0 aliphatic carbocycles. The third-order valence-corrected chi connectivity index (χ3v) is 2.10. The molecule has 0 nitrogen and oxygen atoms in total. The fourth-order valence-electron chi connectivity index (χ4n) is 1.07. The molecule has 0 aromatic carbocycles. The van der Waals surface area contributed by atoms with E-state index in [2.05, 4.69) is 39.5 Å². The summed E-state index contributed by atoms with van der Waals surface area (Å²) in [5.41, 5.74) is 2.97. The first kappa shape index (κ1) is 11.2. The van der Waals surface area contributed by atoms with Crippen molar-refractivity contribution in [1.82, 2.24) is 0 Å². The molecule has 0 atom stereocenters. The van der Waals surface area contributed by atoms with Crippen LogP contribution in [-0.2, 0) is 0 Å². The first-order valence-electron chi connectivity index (χ1n) is 4.59. The molecule has 0 aromatic heterocycles. The Morgan fingerprint density at radius 2 is 1.92 bits per heavy atom. The standard InChI is InChI=1S/C12H20/c1-5-7-8-10-12(4)11(3)9-6-2/h5-7H,2,8-10H2,1,3-4H3/b7-5?,12-11-. The van der Waals surface area contributed by atoms with E-state index in [9.17, 15) is 0 Å². The molecule has 0 unspecified atom stereocenters. The van der Waals surface area contributed by atoms with Crippen molar-refractivity contribution in [3.63, 3.8) is 0 Å². The molecular formula is C12H20. The second-order valence-electron chi connectivity index (χ2n) is 3.16. The highest BCUT2D eigenvalue weighted by Gasteiger charge is 1.93. The van der Waals surface area contributed by atoms with E-state index in [0.29, 0.717) is 0 Å². The molecule has 68 valence electrons. The van der Waals surface area contributed by atoms with Gasteiger partial charge < -0.3 is 0 Å². The summed E-state index contributed by atoms with van der Waals surface area (Å²) in [5, 5.41) is 0. The van der Waals surface area contributed by atoms with Gasteiger partial charge in [0.2, 0.25) is 0 Å². The van der Waals surface area contributed by atoms with Gasteiger partial charge in [-0.2, -0.15) is 0 Å². The van der Waals surface area contributed by atoms with Crippen molar-refractivity contribution in [1.29, 1.82) is 0 Å². The van der Waals surface area contributed by atoms with E-state index < -0.39 is 0 Å². The molecule has 0 amide bonds. The molecule has 0 aromatic rings. The highest BCUT2D eigenvalue weighted by atomic mass is 14.0. The normalized spacial score (nSPS) is 13.2. The second-order valence-corrected chi connectivity index (χ2v) is 3.16. The molecule has 0 rings (SSSR count). The highest BCUT2D eigenvalue weighted by molar-refractivity contribution is 5.12. The van der Waals surface area contributed by atoms with E-state index in [0.717, 1.165) is 12.8 Å². The maximum Gasteiger partial charge on any atom is -0.0142 e. The van der Waals surface area contributed by atoms with E-state index in [1.54, 1.807) is 0 Å². The third kappa shape index (κ3) is 4.95. The Balaban J connectivity index is 3.89. The summed E-state index contributed by atoms with van der Waals surface area (Å²) >= 11 is 0. The molecule has 0 aliphatic rings. The van der Waals surface area contributed by atoms with E-state index in [-0.39, 0.29) is 0 Å². The van der Waals surface area contributed by atoms with Crippen molar-refractivity contribution in [3.05, 3.63) is 36.0 Å². The van der Waals surface area contributed by atoms with Crippen molar-refractivity contribution in [2.45, 2.75) is 40.0 Å². The van der Waals surface area contributed by atoms with Crippen LogP contribution in [0.1, 0.15) is 40.0 Å². The summed E-state index contributed by atoms with van der Waals surface area (Å²) in [6.45, 7) is 10.2. The first-order valence-corrected chi connectivity index (χ1v) is 4.59. The van der Waals surface area contributed by atoms with Crippen LogP contribution in [-0.4, -0.2) is 0 Å². The van der Waals surface area contributed by atoms with Gasteiger partial charge in [0, 0.05) is 0 Å². The average molecular weight is 164 g/mol. The van der Waals surface area contributed by atoms with Crippen LogP contribution in [0.5, 0.6) is 0 Å². The molecule has 0 heterocycles. The SMILES string of the molecule is C=CC/C(C)=C(/C)CCC=CC. The van der Waals surface area contributed by atoms with E-state index in [1.165, 1.54) is 17.6 Å². The average Bonchev–Trinajstić information content (AvgIpc) is 2.05. The minimum Gasteiger partial charge on any atom is -0.103 e. The predicted octanol–water partition coefficient (Wildman–Crippen LogP) is 4.26. The van der Waals surface area contributed by atoms with Gasteiger partial charge in [0.15, 0.2) is 0 Å². The summed E-state index contributed by atoms with van der Waals surface area (Å²) in [7, 11) is 0. The number of allylic oxidation sites excluding steroid dienone is 5. The minimum atomic E-state index is 1.03. The summed E-state index contributed by atoms with van der Waals surface area (Å²) in [4.78, 5) is 0. The van der Waals surface area contributed by atoms with Crippen molar-refractivity contribution >= 4 is 0 Å². The zero-order chi connectivity index (χ0) is 9.40. The van der Waals surface area contributed by atoms with Gasteiger partial charge in [-0.1, -0.05) is 29.4 Å². The fourth-order valence-corrected chi connectivity index (χ4v) is 1.07. The smallest absolute Gasteiger partial charge is 0.0142 e. The van der Waals surface area contributed by atoms with Gasteiger partial charge in [0.05, 0.1) is 0 Å². The molecule has 0 saturated heterocycles. The molecule has 0 heteroatoms. The molecule has 12 heavy (non-hydrogen) atoms. The van der Waals surface area contributed by atoms with Gasteiger partial charge in [-0.15, -0.1) is 6.58 Å². The predicted molar refractivity (Wildman–Crippen MR) is 57.2 cm³/mol. The van der Waals surface area contributed by atoms with Gasteiger partial charge in [0.25, 0.3) is 0 Å². The monoisotopic (exact) mass is 164 g/mol. The van der Waals surface area contributed by atoms with Crippen molar-refractivity contribution < 1.29 is 0 Å². The minimum absolute atomic E-state index is 1.03. The zero-order valence-electron chi connectivity index (χ0n) is 8.56. The Labute approximate surface area is 76.7 Å². The molecule has 0 spiro atoms. The van der Waals surface area contributed by atoms with Gasteiger partial charge >= 0.3 is 0 Å². The molecule has 0 saturated carbocycles. The van der Waals surface area contributed by atoms with Crippen molar-refractivity contribution in [2.24, 2.45) is 0 Å². The number of hydrogen-bond donors (Lipinski definition) is 0. The van der Waals surface area contributed by atoms with Gasteiger partial charge in [-0.05, 0) is 40.0 Å². The Morgan fingerprint density at radius 1 is 1.25 bits per heavy atom. The lowest BCUT2D eigenvalue weighted by molar-refractivity contribution is 0.939. The van der Waals surface area contributed by atoms with Crippen LogP contribution in [0.3, 0.4) is 0 Å². The van der Waals surface area contributed by atoms with E-state index in [4.69, 9.17) is 0 Å². The van der Waals surface area contributed by atoms with E-state index in [1.807, 2.05) is 6.08 Å². The molecule has 0 radical (unpaired) electrons. The van der Waals surface area contributed by atoms with Crippen LogP contribution >= 0.6 is 0 Å². The summed E-state index contributed by atoms with van der Waals surface area (Å²) in [5.74, 6) is 0. The van der Waals surface area contributed by atoms with Gasteiger partial charge in [0.1, 0.15) is 0 Å². The summed E-state index contributed by atoms with van der Waals surface area (Å²) in [6.07, 6.45) is 9.66. The molecule has 0 aliphatic heterocycles. The van der Waals surface area contributed by atoms with Crippen LogP contribution in [0.2, 0.25) is 0 Å².